The van der Waals surface area contributed by atoms with Crippen LogP contribution >= 0.6 is 0 Å². The molecule has 0 radical (unpaired) electrons. The minimum absolute atomic E-state index is 0.0680. The third kappa shape index (κ3) is 3.29. The molecule has 0 saturated heterocycles. The highest BCUT2D eigenvalue weighted by Crippen LogP contribution is 2.42. The van der Waals surface area contributed by atoms with Crippen LogP contribution in [0.15, 0.2) is 48.5 Å². The number of carbonyl (C=O) groups is 2. The normalized spacial score (nSPS) is 15.3. The summed E-state index contributed by atoms with van der Waals surface area (Å²) < 4.78 is 10.1. The van der Waals surface area contributed by atoms with Crippen molar-refractivity contribution in [3.05, 3.63) is 59.7 Å². The van der Waals surface area contributed by atoms with Crippen molar-refractivity contribution in [2.24, 2.45) is 0 Å². The van der Waals surface area contributed by atoms with Crippen LogP contribution in [0.25, 0.3) is 0 Å². The lowest BCUT2D eigenvalue weighted by atomic mass is 9.78. The van der Waals surface area contributed by atoms with Crippen LogP contribution < -0.4 is 10.1 Å². The van der Waals surface area contributed by atoms with Crippen LogP contribution in [0.3, 0.4) is 0 Å². The van der Waals surface area contributed by atoms with E-state index in [0.717, 1.165) is 31.2 Å². The van der Waals surface area contributed by atoms with E-state index in [9.17, 15) is 9.59 Å². The molecule has 0 bridgehead atoms. The molecule has 3 rings (SSSR count). The number of benzene rings is 2. The lowest BCUT2D eigenvalue weighted by Gasteiger charge is -2.28. The number of esters is 1. The molecule has 2 aromatic rings. The molecule has 1 fully saturated rings. The summed E-state index contributed by atoms with van der Waals surface area (Å²) in [7, 11) is 2.86. The Morgan fingerprint density at radius 2 is 1.69 bits per heavy atom. The summed E-state index contributed by atoms with van der Waals surface area (Å²) in [6.45, 7) is 0. The molecule has 1 amide bonds. The highest BCUT2D eigenvalue weighted by Gasteiger charge is 2.42. The van der Waals surface area contributed by atoms with Crippen molar-refractivity contribution < 1.29 is 19.1 Å². The molecule has 0 atom stereocenters. The molecule has 0 aliphatic heterocycles. The van der Waals surface area contributed by atoms with Crippen LogP contribution in [-0.4, -0.2) is 26.1 Å². The summed E-state index contributed by atoms with van der Waals surface area (Å²) in [5.74, 6) is -0.0180. The summed E-state index contributed by atoms with van der Waals surface area (Å²) in [5, 5.41) is 2.99. The highest BCUT2D eigenvalue weighted by atomic mass is 16.5. The molecule has 2 aromatic carbocycles. The van der Waals surface area contributed by atoms with Gasteiger partial charge in [-0.25, -0.2) is 4.79 Å². The number of hydrogen-bond acceptors (Lipinski definition) is 4. The molecule has 1 aliphatic carbocycles. The van der Waals surface area contributed by atoms with Gasteiger partial charge >= 0.3 is 5.97 Å². The molecule has 0 heterocycles. The number of carbonyl (C=O) groups excluding carboxylic acids is 2. The molecule has 26 heavy (non-hydrogen) atoms. The van der Waals surface area contributed by atoms with Crippen molar-refractivity contribution in [3.8, 4) is 5.75 Å². The topological polar surface area (TPSA) is 64.6 Å². The monoisotopic (exact) mass is 353 g/mol. The van der Waals surface area contributed by atoms with Crippen molar-refractivity contribution >= 4 is 17.6 Å². The fourth-order valence-corrected chi connectivity index (χ4v) is 3.68. The Hall–Kier alpha value is -2.82. The van der Waals surface area contributed by atoms with Gasteiger partial charge in [0.15, 0.2) is 0 Å². The van der Waals surface area contributed by atoms with Crippen LogP contribution in [0.4, 0.5) is 5.69 Å². The Morgan fingerprint density at radius 1 is 1.00 bits per heavy atom. The average molecular weight is 353 g/mol. The van der Waals surface area contributed by atoms with Gasteiger partial charge in [0.05, 0.1) is 30.9 Å². The van der Waals surface area contributed by atoms with E-state index in [4.69, 9.17) is 9.47 Å². The van der Waals surface area contributed by atoms with Crippen molar-refractivity contribution in [3.63, 3.8) is 0 Å². The zero-order valence-corrected chi connectivity index (χ0v) is 15.1. The fourth-order valence-electron chi connectivity index (χ4n) is 3.68. The smallest absolute Gasteiger partial charge is 0.337 e. The van der Waals surface area contributed by atoms with Gasteiger partial charge in [-0.3, -0.25) is 4.79 Å². The van der Waals surface area contributed by atoms with Crippen molar-refractivity contribution in [2.75, 3.05) is 19.5 Å². The van der Waals surface area contributed by atoms with Crippen molar-refractivity contribution in [1.82, 2.24) is 0 Å². The standard InChI is InChI=1S/C21H23NO4/c1-25-18-11-10-15(19(23)26-2)14-17(18)22-20(24)21(12-6-7-13-21)16-8-4-3-5-9-16/h3-5,8-11,14H,6-7,12-13H2,1-2H3,(H,22,24). The van der Waals surface area contributed by atoms with E-state index in [1.807, 2.05) is 30.3 Å². The van der Waals surface area contributed by atoms with Crippen LogP contribution in [-0.2, 0) is 14.9 Å². The fraction of sp³-hybridized carbons (Fsp3) is 0.333. The summed E-state index contributed by atoms with van der Waals surface area (Å²) in [6.07, 6.45) is 3.65. The first-order chi connectivity index (χ1) is 12.6. The third-order valence-corrected chi connectivity index (χ3v) is 5.09. The van der Waals surface area contributed by atoms with E-state index in [1.54, 1.807) is 18.2 Å². The molecule has 5 nitrogen and oxygen atoms in total. The van der Waals surface area contributed by atoms with Crippen LogP contribution in [0, 0.1) is 0 Å². The maximum Gasteiger partial charge on any atom is 0.337 e. The van der Waals surface area contributed by atoms with Gasteiger partial charge in [0.1, 0.15) is 5.75 Å². The number of anilines is 1. The second kappa shape index (κ2) is 7.60. The molecule has 0 aromatic heterocycles. The summed E-state index contributed by atoms with van der Waals surface area (Å²) in [6, 6.07) is 14.7. The minimum Gasteiger partial charge on any atom is -0.495 e. The third-order valence-electron chi connectivity index (χ3n) is 5.09. The molecule has 1 saturated carbocycles. The number of rotatable bonds is 5. The first-order valence-corrected chi connectivity index (χ1v) is 8.74. The second-order valence-electron chi connectivity index (χ2n) is 6.52. The van der Waals surface area contributed by atoms with Gasteiger partial charge in [-0.15, -0.1) is 0 Å². The van der Waals surface area contributed by atoms with Crippen molar-refractivity contribution in [1.29, 1.82) is 0 Å². The summed E-state index contributed by atoms with van der Waals surface area (Å²) in [4.78, 5) is 25.1. The maximum absolute atomic E-state index is 13.3. The van der Waals surface area contributed by atoms with Gasteiger partial charge in [-0.05, 0) is 36.6 Å². The van der Waals surface area contributed by atoms with Crippen LogP contribution in [0.2, 0.25) is 0 Å². The lowest BCUT2D eigenvalue weighted by molar-refractivity contribution is -0.121. The van der Waals surface area contributed by atoms with E-state index < -0.39 is 11.4 Å². The Morgan fingerprint density at radius 3 is 2.31 bits per heavy atom. The summed E-state index contributed by atoms with van der Waals surface area (Å²) in [5.41, 5.74) is 1.32. The average Bonchev–Trinajstić information content (AvgIpc) is 3.19. The van der Waals surface area contributed by atoms with Gasteiger partial charge in [0.2, 0.25) is 5.91 Å². The van der Waals surface area contributed by atoms with Gasteiger partial charge in [0.25, 0.3) is 0 Å². The Labute approximate surface area is 153 Å². The summed E-state index contributed by atoms with van der Waals surface area (Å²) >= 11 is 0. The zero-order chi connectivity index (χ0) is 18.6. The molecule has 136 valence electrons. The number of nitrogens with one attached hydrogen (secondary N) is 1. The van der Waals surface area contributed by atoms with Gasteiger partial charge in [0, 0.05) is 0 Å². The highest BCUT2D eigenvalue weighted by molar-refractivity contribution is 6.01. The van der Waals surface area contributed by atoms with E-state index >= 15 is 0 Å². The Balaban J connectivity index is 1.94. The maximum atomic E-state index is 13.3. The largest absolute Gasteiger partial charge is 0.495 e. The lowest BCUT2D eigenvalue weighted by Crippen LogP contribution is -2.38. The Kier molecular flexibility index (Phi) is 5.26. The van der Waals surface area contributed by atoms with E-state index in [2.05, 4.69) is 5.32 Å². The first-order valence-electron chi connectivity index (χ1n) is 8.74. The molecule has 1 N–H and O–H groups in total. The number of ether oxygens (including phenoxy) is 2. The van der Waals surface area contributed by atoms with Gasteiger partial charge in [-0.2, -0.15) is 0 Å². The molecule has 0 spiro atoms. The molecule has 0 unspecified atom stereocenters. The molecular formula is C21H23NO4. The molecule has 5 heteroatoms. The zero-order valence-electron chi connectivity index (χ0n) is 15.1. The SMILES string of the molecule is COC(=O)c1ccc(OC)c(NC(=O)C2(c3ccccc3)CCCC2)c1. The quantitative estimate of drug-likeness (QED) is 0.827. The van der Waals surface area contributed by atoms with Crippen LogP contribution in [0.5, 0.6) is 5.75 Å². The second-order valence-corrected chi connectivity index (χ2v) is 6.52. The minimum atomic E-state index is -0.548. The first kappa shape index (κ1) is 18.0. The number of hydrogen-bond donors (Lipinski definition) is 1. The van der Waals surface area contributed by atoms with E-state index in [1.165, 1.54) is 14.2 Å². The molecular weight excluding hydrogens is 330 g/mol. The predicted molar refractivity (Wildman–Crippen MR) is 99.6 cm³/mol. The number of methoxy groups -OCH3 is 2. The van der Waals surface area contributed by atoms with Gasteiger partial charge < -0.3 is 14.8 Å². The van der Waals surface area contributed by atoms with Crippen LogP contribution in [0.1, 0.15) is 41.6 Å². The molecule has 1 aliphatic rings. The van der Waals surface area contributed by atoms with E-state index in [-0.39, 0.29) is 5.91 Å². The predicted octanol–water partition coefficient (Wildman–Crippen LogP) is 3.93. The number of amides is 1. The Bertz CT molecular complexity index is 795. The van der Waals surface area contributed by atoms with Crippen molar-refractivity contribution in [2.45, 2.75) is 31.1 Å². The van der Waals surface area contributed by atoms with Gasteiger partial charge in [-0.1, -0.05) is 43.2 Å². The van der Waals surface area contributed by atoms with E-state index in [0.29, 0.717) is 17.0 Å².